The minimum absolute atomic E-state index is 0.0836. The van der Waals surface area contributed by atoms with E-state index in [0.717, 1.165) is 16.6 Å². The van der Waals surface area contributed by atoms with Crippen LogP contribution in [0.2, 0.25) is 0 Å². The maximum Gasteiger partial charge on any atom is 0.127 e. The first-order chi connectivity index (χ1) is 9.26. The molecule has 0 aliphatic carbocycles. The van der Waals surface area contributed by atoms with Gasteiger partial charge in [-0.2, -0.15) is 0 Å². The average Bonchev–Trinajstić information content (AvgIpc) is 3.00. The van der Waals surface area contributed by atoms with E-state index in [-0.39, 0.29) is 10.9 Å². The molecule has 0 saturated carbocycles. The lowest BCUT2D eigenvalue weighted by Crippen LogP contribution is -2.51. The van der Waals surface area contributed by atoms with Crippen molar-refractivity contribution in [1.82, 2.24) is 5.32 Å². The van der Waals surface area contributed by atoms with Crippen LogP contribution in [0.15, 0.2) is 29.3 Å². The van der Waals surface area contributed by atoms with Crippen molar-refractivity contribution < 1.29 is 4.84 Å². The second kappa shape index (κ2) is 5.01. The van der Waals surface area contributed by atoms with Crippen molar-refractivity contribution in [3.63, 3.8) is 0 Å². The van der Waals surface area contributed by atoms with Crippen molar-refractivity contribution in [3.8, 4) is 0 Å². The summed E-state index contributed by atoms with van der Waals surface area (Å²) in [6.07, 6.45) is 2.17. The summed E-state index contributed by atoms with van der Waals surface area (Å²) >= 11 is 3.56. The van der Waals surface area contributed by atoms with E-state index in [4.69, 9.17) is 4.84 Å². The molecule has 1 spiro atoms. The first kappa shape index (κ1) is 13.3. The lowest BCUT2D eigenvalue weighted by atomic mass is 9.98. The van der Waals surface area contributed by atoms with Gasteiger partial charge < -0.3 is 0 Å². The van der Waals surface area contributed by atoms with Crippen LogP contribution in [0.3, 0.4) is 0 Å². The van der Waals surface area contributed by atoms with E-state index in [1.165, 1.54) is 5.56 Å². The van der Waals surface area contributed by atoms with Crippen LogP contribution in [0.4, 0.5) is 5.69 Å². The summed E-state index contributed by atoms with van der Waals surface area (Å²) < 4.78 is 1.06. The number of rotatable bonds is 2. The molecule has 4 nitrogen and oxygen atoms in total. The molecule has 0 unspecified atom stereocenters. The van der Waals surface area contributed by atoms with E-state index >= 15 is 0 Å². The molecular formula is C13H17N3OS2. The Morgan fingerprint density at radius 3 is 2.95 bits per heavy atom. The van der Waals surface area contributed by atoms with Crippen LogP contribution in [0.1, 0.15) is 5.56 Å². The topological polar surface area (TPSA) is 36.9 Å². The van der Waals surface area contributed by atoms with Crippen LogP contribution in [0.5, 0.6) is 0 Å². The highest BCUT2D eigenvalue weighted by atomic mass is 32.2. The largest absolute Gasteiger partial charge is 0.297 e. The number of anilines is 1. The average molecular weight is 295 g/mol. The lowest BCUT2D eigenvalue weighted by Gasteiger charge is -2.33. The van der Waals surface area contributed by atoms with Gasteiger partial charge in [0, 0.05) is 0 Å². The number of aliphatic imine (C=N–C) groups is 1. The van der Waals surface area contributed by atoms with E-state index in [2.05, 4.69) is 34.8 Å². The summed E-state index contributed by atoms with van der Waals surface area (Å²) in [5, 5.41) is 5.35. The third-order valence-electron chi connectivity index (χ3n) is 3.63. The Morgan fingerprint density at radius 2 is 2.32 bits per heavy atom. The highest BCUT2D eigenvalue weighted by Gasteiger charge is 2.54. The highest BCUT2D eigenvalue weighted by Crippen LogP contribution is 2.55. The summed E-state index contributed by atoms with van der Waals surface area (Å²) in [6, 6.07) is 8.43. The molecule has 0 saturated heterocycles. The van der Waals surface area contributed by atoms with Gasteiger partial charge in [-0.05, 0) is 24.9 Å². The van der Waals surface area contributed by atoms with Gasteiger partial charge in [-0.15, -0.1) is 11.8 Å². The molecule has 102 valence electrons. The summed E-state index contributed by atoms with van der Waals surface area (Å²) in [4.78, 5) is 10.3. The van der Waals surface area contributed by atoms with E-state index in [0.29, 0.717) is 0 Å². The number of para-hydroxylation sites is 1. The van der Waals surface area contributed by atoms with Crippen molar-refractivity contribution in [1.29, 1.82) is 0 Å². The second-order valence-corrected chi connectivity index (χ2v) is 6.87. The number of hydrogen-bond acceptors (Lipinski definition) is 6. The summed E-state index contributed by atoms with van der Waals surface area (Å²) in [5.74, 6) is 0. The van der Waals surface area contributed by atoms with Gasteiger partial charge in [-0.1, -0.05) is 30.0 Å². The third-order valence-corrected chi connectivity index (χ3v) is 6.10. The smallest absolute Gasteiger partial charge is 0.127 e. The normalized spacial score (nSPS) is 28.9. The number of nitrogens with zero attached hydrogens (tertiary/aromatic N) is 2. The number of fused-ring (bicyclic) bond motifs is 2. The van der Waals surface area contributed by atoms with Crippen LogP contribution < -0.4 is 10.4 Å². The molecule has 1 N–H and O–H groups in total. The van der Waals surface area contributed by atoms with Gasteiger partial charge in [-0.25, -0.2) is 5.06 Å². The molecule has 1 aromatic rings. The minimum Gasteiger partial charge on any atom is -0.297 e. The molecule has 19 heavy (non-hydrogen) atoms. The van der Waals surface area contributed by atoms with Crippen molar-refractivity contribution in [2.75, 3.05) is 32.0 Å². The van der Waals surface area contributed by atoms with E-state index in [1.807, 2.05) is 29.9 Å². The SMILES string of the molecule is CN[C@@H]1N(OC)c2ccccc2[C@@]12CN=C(SC)S2. The number of nitrogens with one attached hydrogen (secondary N) is 1. The Hall–Kier alpha value is -0.690. The molecule has 6 heteroatoms. The Morgan fingerprint density at radius 1 is 1.53 bits per heavy atom. The predicted molar refractivity (Wildman–Crippen MR) is 83.9 cm³/mol. The maximum atomic E-state index is 5.60. The molecule has 2 heterocycles. The fourth-order valence-electron chi connectivity index (χ4n) is 2.84. The Labute approximate surface area is 121 Å². The molecule has 2 atom stereocenters. The number of likely N-dealkylation sites (N-methyl/N-ethyl adjacent to an activating group) is 1. The molecular weight excluding hydrogens is 278 g/mol. The molecule has 0 fully saturated rings. The van der Waals surface area contributed by atoms with Crippen molar-refractivity contribution in [2.45, 2.75) is 10.9 Å². The van der Waals surface area contributed by atoms with Crippen LogP contribution in [-0.2, 0) is 9.58 Å². The molecule has 0 aromatic heterocycles. The number of hydrogen-bond donors (Lipinski definition) is 1. The molecule has 0 amide bonds. The van der Waals surface area contributed by atoms with Crippen LogP contribution >= 0.6 is 23.5 Å². The zero-order chi connectivity index (χ0) is 13.5. The number of hydroxylamine groups is 1. The van der Waals surface area contributed by atoms with Gasteiger partial charge >= 0.3 is 0 Å². The van der Waals surface area contributed by atoms with Gasteiger partial charge in [0.15, 0.2) is 0 Å². The van der Waals surface area contributed by atoms with Crippen LogP contribution in [0.25, 0.3) is 0 Å². The zero-order valence-electron chi connectivity index (χ0n) is 11.2. The monoisotopic (exact) mass is 295 g/mol. The van der Waals surface area contributed by atoms with Crippen LogP contribution in [-0.4, -0.2) is 37.5 Å². The van der Waals surface area contributed by atoms with Gasteiger partial charge in [0.05, 0.1) is 19.3 Å². The van der Waals surface area contributed by atoms with E-state index in [1.54, 1.807) is 18.9 Å². The summed E-state index contributed by atoms with van der Waals surface area (Å²) in [7, 11) is 3.69. The van der Waals surface area contributed by atoms with Crippen LogP contribution in [0, 0.1) is 0 Å². The third kappa shape index (κ3) is 1.81. The molecule has 2 aliphatic heterocycles. The molecule has 1 aromatic carbocycles. The standard InChI is InChI=1S/C13H17N3OS2/c1-14-11-13(8-15-12(18-3)19-13)9-6-4-5-7-10(9)16(11)17-2/h4-7,11,14H,8H2,1-3H3/t11-,13+/m1/s1. The fraction of sp³-hybridized carbons (Fsp3) is 0.462. The fourth-order valence-corrected chi connectivity index (χ4v) is 5.00. The Bertz CT molecular complexity index is 522. The van der Waals surface area contributed by atoms with Crippen molar-refractivity contribution in [2.24, 2.45) is 4.99 Å². The van der Waals surface area contributed by atoms with Gasteiger partial charge in [0.25, 0.3) is 0 Å². The quantitative estimate of drug-likeness (QED) is 0.906. The zero-order valence-corrected chi connectivity index (χ0v) is 12.8. The summed E-state index contributed by atoms with van der Waals surface area (Å²) in [5.41, 5.74) is 2.43. The Kier molecular flexibility index (Phi) is 3.51. The molecule has 3 rings (SSSR count). The first-order valence-corrected chi connectivity index (χ1v) is 8.18. The van der Waals surface area contributed by atoms with Gasteiger partial charge in [0.2, 0.25) is 0 Å². The van der Waals surface area contributed by atoms with Gasteiger partial charge in [-0.3, -0.25) is 15.1 Å². The lowest BCUT2D eigenvalue weighted by molar-refractivity contribution is 0.127. The number of benzene rings is 1. The number of thioether (sulfide) groups is 2. The van der Waals surface area contributed by atoms with Gasteiger partial charge in [0.1, 0.15) is 15.3 Å². The molecule has 0 bridgehead atoms. The van der Waals surface area contributed by atoms with Crippen molar-refractivity contribution in [3.05, 3.63) is 29.8 Å². The van der Waals surface area contributed by atoms with E-state index in [9.17, 15) is 0 Å². The maximum absolute atomic E-state index is 5.60. The highest BCUT2D eigenvalue weighted by molar-refractivity contribution is 8.39. The minimum atomic E-state index is -0.0836. The summed E-state index contributed by atoms with van der Waals surface area (Å²) in [6.45, 7) is 0.788. The van der Waals surface area contributed by atoms with E-state index < -0.39 is 0 Å². The molecule has 2 aliphatic rings. The van der Waals surface area contributed by atoms with Crippen molar-refractivity contribution >= 4 is 33.6 Å². The Balaban J connectivity index is 2.09. The predicted octanol–water partition coefficient (Wildman–Crippen LogP) is 2.27. The molecule has 0 radical (unpaired) electrons. The second-order valence-electron chi connectivity index (χ2n) is 4.49. The first-order valence-electron chi connectivity index (χ1n) is 6.14.